The largest absolute Gasteiger partial charge is 0.368 e. The minimum atomic E-state index is -0.243. The molecule has 0 radical (unpaired) electrons. The SMILES string of the molecule is C[C@H](NC1CCCCCCC1)C(N)=O. The summed E-state index contributed by atoms with van der Waals surface area (Å²) in [6, 6.07) is 0.317. The topological polar surface area (TPSA) is 55.1 Å². The van der Waals surface area contributed by atoms with E-state index < -0.39 is 0 Å². The molecule has 0 saturated heterocycles. The van der Waals surface area contributed by atoms with Gasteiger partial charge in [-0.15, -0.1) is 0 Å². The number of primary amides is 1. The zero-order valence-electron chi connectivity index (χ0n) is 9.09. The predicted molar refractivity (Wildman–Crippen MR) is 57.9 cm³/mol. The van der Waals surface area contributed by atoms with E-state index in [1.807, 2.05) is 6.92 Å². The van der Waals surface area contributed by atoms with Crippen LogP contribution in [-0.4, -0.2) is 18.0 Å². The van der Waals surface area contributed by atoms with E-state index in [-0.39, 0.29) is 11.9 Å². The third-order valence-electron chi connectivity index (χ3n) is 3.02. The first-order valence-corrected chi connectivity index (χ1v) is 5.75. The van der Waals surface area contributed by atoms with Gasteiger partial charge < -0.3 is 11.1 Å². The molecule has 1 fully saturated rings. The molecule has 1 aliphatic carbocycles. The summed E-state index contributed by atoms with van der Waals surface area (Å²) in [4.78, 5) is 10.9. The predicted octanol–water partition coefficient (Wildman–Crippen LogP) is 1.56. The first kappa shape index (κ1) is 11.5. The van der Waals surface area contributed by atoms with Crippen molar-refractivity contribution in [2.75, 3.05) is 0 Å². The zero-order chi connectivity index (χ0) is 10.4. The fourth-order valence-electron chi connectivity index (χ4n) is 2.06. The van der Waals surface area contributed by atoms with Gasteiger partial charge in [-0.1, -0.05) is 32.1 Å². The first-order valence-electron chi connectivity index (χ1n) is 5.75. The lowest BCUT2D eigenvalue weighted by atomic mass is 9.96. The second-order valence-electron chi connectivity index (χ2n) is 4.33. The van der Waals surface area contributed by atoms with Crippen molar-refractivity contribution in [2.24, 2.45) is 5.73 Å². The number of carbonyl (C=O) groups excluding carboxylic acids is 1. The van der Waals surface area contributed by atoms with E-state index in [0.717, 1.165) is 0 Å². The Labute approximate surface area is 86.4 Å². The Balaban J connectivity index is 2.29. The number of nitrogens with one attached hydrogen (secondary N) is 1. The third-order valence-corrected chi connectivity index (χ3v) is 3.02. The minimum Gasteiger partial charge on any atom is -0.368 e. The Morgan fingerprint density at radius 2 is 1.71 bits per heavy atom. The second-order valence-corrected chi connectivity index (χ2v) is 4.33. The highest BCUT2D eigenvalue weighted by Gasteiger charge is 2.16. The van der Waals surface area contributed by atoms with Gasteiger partial charge in [-0.25, -0.2) is 0 Å². The highest BCUT2D eigenvalue weighted by molar-refractivity contribution is 5.79. The van der Waals surface area contributed by atoms with E-state index in [2.05, 4.69) is 5.32 Å². The van der Waals surface area contributed by atoms with Crippen molar-refractivity contribution in [3.8, 4) is 0 Å². The molecule has 0 spiro atoms. The van der Waals surface area contributed by atoms with Gasteiger partial charge in [0.2, 0.25) is 5.91 Å². The molecule has 0 unspecified atom stereocenters. The van der Waals surface area contributed by atoms with Crippen LogP contribution in [0.1, 0.15) is 51.9 Å². The maximum absolute atomic E-state index is 10.9. The smallest absolute Gasteiger partial charge is 0.234 e. The van der Waals surface area contributed by atoms with Gasteiger partial charge in [-0.05, 0) is 19.8 Å². The van der Waals surface area contributed by atoms with E-state index in [0.29, 0.717) is 6.04 Å². The molecule has 1 amide bonds. The van der Waals surface area contributed by atoms with Gasteiger partial charge in [-0.3, -0.25) is 4.79 Å². The fraction of sp³-hybridized carbons (Fsp3) is 0.909. The Morgan fingerprint density at radius 1 is 1.21 bits per heavy atom. The third kappa shape index (κ3) is 4.09. The average molecular weight is 198 g/mol. The van der Waals surface area contributed by atoms with E-state index in [1.54, 1.807) is 0 Å². The monoisotopic (exact) mass is 198 g/mol. The van der Waals surface area contributed by atoms with Crippen LogP contribution >= 0.6 is 0 Å². The Morgan fingerprint density at radius 3 is 2.21 bits per heavy atom. The minimum absolute atomic E-state index is 0.181. The summed E-state index contributed by atoms with van der Waals surface area (Å²) >= 11 is 0. The average Bonchev–Trinajstić information content (AvgIpc) is 2.08. The van der Waals surface area contributed by atoms with Gasteiger partial charge in [0.05, 0.1) is 6.04 Å². The van der Waals surface area contributed by atoms with Crippen LogP contribution in [-0.2, 0) is 4.79 Å². The maximum Gasteiger partial charge on any atom is 0.234 e. The molecule has 3 N–H and O–H groups in total. The molecule has 0 bridgehead atoms. The summed E-state index contributed by atoms with van der Waals surface area (Å²) in [7, 11) is 0. The molecular weight excluding hydrogens is 176 g/mol. The van der Waals surface area contributed by atoms with E-state index in [4.69, 9.17) is 5.73 Å². The number of nitrogens with two attached hydrogens (primary N) is 1. The number of amides is 1. The standard InChI is InChI=1S/C11H22N2O/c1-9(11(12)14)13-10-7-5-3-2-4-6-8-10/h9-10,13H,2-8H2,1H3,(H2,12,14)/t9-/m0/s1. The van der Waals surface area contributed by atoms with Gasteiger partial charge >= 0.3 is 0 Å². The number of carbonyl (C=O) groups is 1. The van der Waals surface area contributed by atoms with Gasteiger partial charge in [0, 0.05) is 6.04 Å². The Kier molecular flexibility index (Phi) is 4.94. The van der Waals surface area contributed by atoms with E-state index in [1.165, 1.54) is 44.9 Å². The van der Waals surface area contributed by atoms with Gasteiger partial charge in [0.25, 0.3) is 0 Å². The molecule has 0 aromatic carbocycles. The lowest BCUT2D eigenvalue weighted by Gasteiger charge is -2.23. The molecular formula is C11H22N2O. The van der Waals surface area contributed by atoms with Crippen LogP contribution < -0.4 is 11.1 Å². The van der Waals surface area contributed by atoms with Crippen molar-refractivity contribution in [1.82, 2.24) is 5.32 Å². The molecule has 0 aromatic rings. The quantitative estimate of drug-likeness (QED) is 0.723. The zero-order valence-corrected chi connectivity index (χ0v) is 9.09. The van der Waals surface area contributed by atoms with E-state index >= 15 is 0 Å². The van der Waals surface area contributed by atoms with Crippen LogP contribution in [0, 0.1) is 0 Å². The number of hydrogen-bond acceptors (Lipinski definition) is 2. The van der Waals surface area contributed by atoms with Crippen LogP contribution in [0.15, 0.2) is 0 Å². The number of rotatable bonds is 3. The summed E-state index contributed by atoms with van der Waals surface area (Å²) in [5.41, 5.74) is 5.22. The van der Waals surface area contributed by atoms with Crippen LogP contribution in [0.5, 0.6) is 0 Å². The van der Waals surface area contributed by atoms with Crippen LogP contribution in [0.4, 0.5) is 0 Å². The van der Waals surface area contributed by atoms with Crippen molar-refractivity contribution in [3.63, 3.8) is 0 Å². The molecule has 1 rings (SSSR count). The normalized spacial score (nSPS) is 22.4. The van der Waals surface area contributed by atoms with Crippen molar-refractivity contribution in [3.05, 3.63) is 0 Å². The fourth-order valence-corrected chi connectivity index (χ4v) is 2.06. The summed E-state index contributed by atoms with van der Waals surface area (Å²) in [5.74, 6) is -0.243. The molecule has 3 heteroatoms. The van der Waals surface area contributed by atoms with Gasteiger partial charge in [0.15, 0.2) is 0 Å². The molecule has 3 nitrogen and oxygen atoms in total. The molecule has 0 aromatic heterocycles. The Bertz CT molecular complexity index is 174. The second kappa shape index (κ2) is 6.02. The van der Waals surface area contributed by atoms with Gasteiger partial charge in [0.1, 0.15) is 0 Å². The summed E-state index contributed by atoms with van der Waals surface area (Å²) in [6.45, 7) is 1.85. The molecule has 0 aliphatic heterocycles. The molecule has 1 atom stereocenters. The highest BCUT2D eigenvalue weighted by atomic mass is 16.1. The molecule has 14 heavy (non-hydrogen) atoms. The lowest BCUT2D eigenvalue weighted by molar-refractivity contribution is -0.119. The van der Waals surface area contributed by atoms with Crippen LogP contribution in [0.3, 0.4) is 0 Å². The van der Waals surface area contributed by atoms with Crippen molar-refractivity contribution in [1.29, 1.82) is 0 Å². The maximum atomic E-state index is 10.9. The Hall–Kier alpha value is -0.570. The summed E-state index contributed by atoms with van der Waals surface area (Å²) in [5, 5.41) is 3.31. The molecule has 1 aliphatic rings. The van der Waals surface area contributed by atoms with Gasteiger partial charge in [-0.2, -0.15) is 0 Å². The van der Waals surface area contributed by atoms with E-state index in [9.17, 15) is 4.79 Å². The van der Waals surface area contributed by atoms with Crippen molar-refractivity contribution < 1.29 is 4.79 Å². The first-order chi connectivity index (χ1) is 6.70. The van der Waals surface area contributed by atoms with Crippen molar-refractivity contribution in [2.45, 2.75) is 64.0 Å². The van der Waals surface area contributed by atoms with Crippen molar-refractivity contribution >= 4 is 5.91 Å². The van der Waals surface area contributed by atoms with Crippen LogP contribution in [0.25, 0.3) is 0 Å². The summed E-state index contributed by atoms with van der Waals surface area (Å²) < 4.78 is 0. The number of hydrogen-bond donors (Lipinski definition) is 2. The molecule has 82 valence electrons. The molecule has 0 heterocycles. The summed E-state index contributed by atoms with van der Waals surface area (Å²) in [6.07, 6.45) is 8.99. The molecule has 1 saturated carbocycles. The highest BCUT2D eigenvalue weighted by Crippen LogP contribution is 2.17. The van der Waals surface area contributed by atoms with Crippen LogP contribution in [0.2, 0.25) is 0 Å². The lowest BCUT2D eigenvalue weighted by Crippen LogP contribution is -2.44.